The molecular weight excluding hydrogens is 409 g/mol. The van der Waals surface area contributed by atoms with Gasteiger partial charge in [-0.3, -0.25) is 14.2 Å². The molecule has 0 fully saturated rings. The van der Waals surface area contributed by atoms with E-state index in [0.29, 0.717) is 44.5 Å². The van der Waals surface area contributed by atoms with Crippen molar-refractivity contribution >= 4 is 45.1 Å². The van der Waals surface area contributed by atoms with E-state index < -0.39 is 0 Å². The Labute approximate surface area is 177 Å². The number of hydrogen-bond acceptors (Lipinski definition) is 3. The number of rotatable bonds is 3. The van der Waals surface area contributed by atoms with Gasteiger partial charge < -0.3 is 4.57 Å². The van der Waals surface area contributed by atoms with Gasteiger partial charge in [0.1, 0.15) is 11.2 Å². The van der Waals surface area contributed by atoms with Crippen LogP contribution in [0.15, 0.2) is 52.1 Å². The van der Waals surface area contributed by atoms with Crippen LogP contribution in [-0.2, 0) is 13.6 Å². The van der Waals surface area contributed by atoms with E-state index in [-0.39, 0.29) is 22.3 Å². The second-order valence-electron chi connectivity index (χ2n) is 7.47. The second-order valence-corrected chi connectivity index (χ2v) is 8.32. The molecule has 0 aliphatic carbocycles. The molecular formula is C22H19Cl2N3O2. The molecule has 4 rings (SSSR count). The molecule has 7 heteroatoms. The van der Waals surface area contributed by atoms with Gasteiger partial charge in [-0.25, -0.2) is 4.98 Å². The predicted octanol–water partition coefficient (Wildman–Crippen LogP) is 4.88. The van der Waals surface area contributed by atoms with Crippen molar-refractivity contribution in [2.24, 2.45) is 13.0 Å². The van der Waals surface area contributed by atoms with Crippen molar-refractivity contribution < 1.29 is 0 Å². The largest absolute Gasteiger partial charge is 0.328 e. The smallest absolute Gasteiger partial charge is 0.267 e. The average molecular weight is 428 g/mol. The molecule has 2 heterocycles. The molecule has 2 aromatic heterocycles. The standard InChI is InChI=1S/C22H19Cl2N3O2/c1-12(2)11-27-20(14-9-8-13(23)10-16(14)24)25-21-18(22(27)29)19(28)15-6-4-5-7-17(15)26(21)3/h4-10,12H,11H2,1-3H3. The summed E-state index contributed by atoms with van der Waals surface area (Å²) in [7, 11) is 1.80. The van der Waals surface area contributed by atoms with Crippen molar-refractivity contribution in [2.45, 2.75) is 20.4 Å². The molecule has 0 unspecified atom stereocenters. The summed E-state index contributed by atoms with van der Waals surface area (Å²) >= 11 is 12.5. The molecule has 0 aliphatic rings. The van der Waals surface area contributed by atoms with E-state index >= 15 is 0 Å². The quantitative estimate of drug-likeness (QED) is 0.437. The number of benzene rings is 2. The highest BCUT2D eigenvalue weighted by Gasteiger charge is 2.20. The maximum Gasteiger partial charge on any atom is 0.267 e. The Bertz CT molecular complexity index is 1390. The summed E-state index contributed by atoms with van der Waals surface area (Å²) in [6.07, 6.45) is 0. The zero-order valence-corrected chi connectivity index (χ0v) is 17.8. The van der Waals surface area contributed by atoms with Gasteiger partial charge in [-0.15, -0.1) is 0 Å². The van der Waals surface area contributed by atoms with Gasteiger partial charge in [-0.1, -0.05) is 49.2 Å². The molecule has 0 aliphatic heterocycles. The van der Waals surface area contributed by atoms with Crippen molar-refractivity contribution in [3.8, 4) is 11.4 Å². The zero-order chi connectivity index (χ0) is 20.9. The van der Waals surface area contributed by atoms with Crippen LogP contribution < -0.4 is 11.0 Å². The van der Waals surface area contributed by atoms with Crippen LogP contribution in [0.5, 0.6) is 0 Å². The Morgan fingerprint density at radius 3 is 2.48 bits per heavy atom. The van der Waals surface area contributed by atoms with Crippen LogP contribution in [0.4, 0.5) is 0 Å². The van der Waals surface area contributed by atoms with Crippen molar-refractivity contribution in [1.82, 2.24) is 14.1 Å². The lowest BCUT2D eigenvalue weighted by Crippen LogP contribution is -2.30. The molecule has 0 N–H and O–H groups in total. The summed E-state index contributed by atoms with van der Waals surface area (Å²) in [5.41, 5.74) is 0.969. The summed E-state index contributed by atoms with van der Waals surface area (Å²) < 4.78 is 3.32. The minimum atomic E-state index is -0.365. The molecule has 148 valence electrons. The fourth-order valence-electron chi connectivity index (χ4n) is 3.60. The Kier molecular flexibility index (Phi) is 4.97. The summed E-state index contributed by atoms with van der Waals surface area (Å²) in [4.78, 5) is 31.4. The third-order valence-corrected chi connectivity index (χ3v) is 5.47. The maximum absolute atomic E-state index is 13.5. The Hall–Kier alpha value is -2.63. The molecule has 0 saturated carbocycles. The van der Waals surface area contributed by atoms with Gasteiger partial charge in [0.15, 0.2) is 5.65 Å². The zero-order valence-electron chi connectivity index (χ0n) is 16.2. The van der Waals surface area contributed by atoms with Crippen LogP contribution in [-0.4, -0.2) is 14.1 Å². The number of hydrogen-bond donors (Lipinski definition) is 0. The fourth-order valence-corrected chi connectivity index (χ4v) is 4.10. The number of nitrogens with zero attached hydrogens (tertiary/aromatic N) is 3. The lowest BCUT2D eigenvalue weighted by Gasteiger charge is -2.18. The van der Waals surface area contributed by atoms with E-state index in [4.69, 9.17) is 28.2 Å². The molecule has 0 spiro atoms. The highest BCUT2D eigenvalue weighted by molar-refractivity contribution is 6.36. The third kappa shape index (κ3) is 3.24. The first-order valence-electron chi connectivity index (χ1n) is 9.27. The van der Waals surface area contributed by atoms with Gasteiger partial charge in [-0.05, 0) is 36.2 Å². The molecule has 0 radical (unpaired) electrons. The first-order chi connectivity index (χ1) is 13.8. The monoisotopic (exact) mass is 427 g/mol. The summed E-state index contributed by atoms with van der Waals surface area (Å²) in [5.74, 6) is 0.587. The average Bonchev–Trinajstić information content (AvgIpc) is 2.67. The van der Waals surface area contributed by atoms with Crippen LogP contribution >= 0.6 is 23.2 Å². The van der Waals surface area contributed by atoms with Gasteiger partial charge in [0.25, 0.3) is 5.56 Å². The fraction of sp³-hybridized carbons (Fsp3) is 0.227. The Morgan fingerprint density at radius 1 is 1.07 bits per heavy atom. The molecule has 0 amide bonds. The number of pyridine rings is 1. The SMILES string of the molecule is CC(C)Cn1c(-c2ccc(Cl)cc2Cl)nc2c(c(=O)c3ccccc3n2C)c1=O. The highest BCUT2D eigenvalue weighted by atomic mass is 35.5. The van der Waals surface area contributed by atoms with E-state index in [1.165, 1.54) is 4.57 Å². The summed E-state index contributed by atoms with van der Waals surface area (Å²) in [6.45, 7) is 4.41. The van der Waals surface area contributed by atoms with Gasteiger partial charge in [-0.2, -0.15) is 0 Å². The first kappa shape index (κ1) is 19.7. The maximum atomic E-state index is 13.5. The molecule has 2 aromatic carbocycles. The molecule has 29 heavy (non-hydrogen) atoms. The van der Waals surface area contributed by atoms with E-state index in [1.807, 2.05) is 26.0 Å². The molecule has 5 nitrogen and oxygen atoms in total. The number of halogens is 2. The first-order valence-corrected chi connectivity index (χ1v) is 10.0. The van der Waals surface area contributed by atoms with Crippen LogP contribution in [0.25, 0.3) is 33.3 Å². The summed E-state index contributed by atoms with van der Waals surface area (Å²) in [5, 5.41) is 1.47. The summed E-state index contributed by atoms with van der Waals surface area (Å²) in [6, 6.07) is 12.3. The van der Waals surface area contributed by atoms with E-state index in [9.17, 15) is 9.59 Å². The van der Waals surface area contributed by atoms with Crippen LogP contribution in [0, 0.1) is 5.92 Å². The Balaban J connectivity index is 2.21. The van der Waals surface area contributed by atoms with E-state index in [2.05, 4.69) is 0 Å². The van der Waals surface area contributed by atoms with Gasteiger partial charge >= 0.3 is 0 Å². The number of fused-ring (bicyclic) bond motifs is 2. The van der Waals surface area contributed by atoms with Crippen molar-refractivity contribution in [3.05, 3.63) is 73.1 Å². The normalized spacial score (nSPS) is 11.7. The topological polar surface area (TPSA) is 56.9 Å². The number of para-hydroxylation sites is 1. The Morgan fingerprint density at radius 2 is 1.79 bits per heavy atom. The van der Waals surface area contributed by atoms with Crippen LogP contribution in [0.1, 0.15) is 13.8 Å². The van der Waals surface area contributed by atoms with Gasteiger partial charge in [0.05, 0.1) is 10.5 Å². The van der Waals surface area contributed by atoms with Gasteiger partial charge in [0.2, 0.25) is 5.43 Å². The molecule has 0 bridgehead atoms. The molecule has 0 saturated heterocycles. The van der Waals surface area contributed by atoms with E-state index in [0.717, 1.165) is 0 Å². The van der Waals surface area contributed by atoms with Crippen LogP contribution in [0.3, 0.4) is 0 Å². The van der Waals surface area contributed by atoms with Gasteiger partial charge in [0, 0.05) is 29.6 Å². The van der Waals surface area contributed by atoms with Crippen LogP contribution in [0.2, 0.25) is 10.0 Å². The minimum absolute atomic E-state index is 0.0840. The number of aromatic nitrogens is 3. The molecule has 4 aromatic rings. The highest BCUT2D eigenvalue weighted by Crippen LogP contribution is 2.30. The second kappa shape index (κ2) is 7.32. The lowest BCUT2D eigenvalue weighted by molar-refractivity contribution is 0.512. The van der Waals surface area contributed by atoms with Crippen molar-refractivity contribution in [1.29, 1.82) is 0 Å². The predicted molar refractivity (Wildman–Crippen MR) is 119 cm³/mol. The third-order valence-electron chi connectivity index (χ3n) is 4.92. The number of aryl methyl sites for hydroxylation is 1. The lowest BCUT2D eigenvalue weighted by atomic mass is 10.1. The van der Waals surface area contributed by atoms with E-state index in [1.54, 1.807) is 41.9 Å². The van der Waals surface area contributed by atoms with Crippen molar-refractivity contribution in [2.75, 3.05) is 0 Å². The molecule has 0 atom stereocenters. The minimum Gasteiger partial charge on any atom is -0.328 e. The van der Waals surface area contributed by atoms with Crippen molar-refractivity contribution in [3.63, 3.8) is 0 Å².